The minimum Gasteiger partial charge on any atom is -0.307 e. The molecule has 0 bridgehead atoms. The number of hydrogen-bond acceptors (Lipinski definition) is 5. The molecule has 196 valence electrons. The molecule has 1 aliphatic heterocycles. The number of aromatic nitrogens is 3. The fraction of sp³-hybridized carbons (Fsp3) is 0.467. The number of carbonyl (C=O) groups excluding carboxylic acids is 2. The second kappa shape index (κ2) is 11.4. The van der Waals surface area contributed by atoms with Crippen LogP contribution in [0.25, 0.3) is 22.5 Å². The molecule has 1 amide bonds. The largest absolute Gasteiger partial charge is 0.307 e. The van der Waals surface area contributed by atoms with Crippen LogP contribution in [-0.2, 0) is 22.7 Å². The van der Waals surface area contributed by atoms with Crippen molar-refractivity contribution < 1.29 is 11.0 Å². The van der Waals surface area contributed by atoms with E-state index in [1.54, 1.807) is 4.90 Å². The summed E-state index contributed by atoms with van der Waals surface area (Å²) in [7, 11) is 0. The Hall–Kier alpha value is -3.32. The molecule has 7 heteroatoms. The maximum absolute atomic E-state index is 13.2. The molecule has 4 rings (SSSR count). The molecule has 1 atom stereocenters. The number of nitrogens with zero attached hydrogens (tertiary/aromatic N) is 4. The lowest BCUT2D eigenvalue weighted by atomic mass is 9.86. The van der Waals surface area contributed by atoms with Gasteiger partial charge in [0.1, 0.15) is 11.5 Å². The highest BCUT2D eigenvalue weighted by molar-refractivity contribution is 6.00. The Bertz CT molecular complexity index is 1280. The van der Waals surface area contributed by atoms with Crippen LogP contribution in [0, 0.1) is 5.41 Å². The van der Waals surface area contributed by atoms with Gasteiger partial charge in [-0.05, 0) is 29.9 Å². The van der Waals surface area contributed by atoms with E-state index in [0.29, 0.717) is 26.1 Å². The van der Waals surface area contributed by atoms with Crippen LogP contribution in [0.5, 0.6) is 0 Å². The number of rotatable bonds is 9. The number of hydrogen-bond donors (Lipinski definition) is 1. The van der Waals surface area contributed by atoms with Crippen molar-refractivity contribution in [1.29, 1.82) is 0 Å². The molecule has 1 aliphatic rings. The third kappa shape index (κ3) is 5.99. The molecule has 1 unspecified atom stereocenters. The van der Waals surface area contributed by atoms with Gasteiger partial charge in [-0.15, -0.1) is 5.10 Å². The Labute approximate surface area is 221 Å². The number of ketones is 1. The van der Waals surface area contributed by atoms with Gasteiger partial charge in [0.05, 0.1) is 30.5 Å². The second-order valence-electron chi connectivity index (χ2n) is 10.9. The third-order valence-corrected chi connectivity index (χ3v) is 6.72. The molecule has 1 N–H and O–H groups in total. The van der Waals surface area contributed by atoms with Crippen LogP contribution < -0.4 is 10.2 Å². The van der Waals surface area contributed by atoms with E-state index in [4.69, 9.17) is 1.37 Å². The number of amides is 1. The molecule has 0 radical (unpaired) electrons. The van der Waals surface area contributed by atoms with E-state index >= 15 is 0 Å². The first-order valence-corrected chi connectivity index (χ1v) is 13.2. The van der Waals surface area contributed by atoms with Crippen molar-refractivity contribution in [2.24, 2.45) is 5.41 Å². The quantitative estimate of drug-likeness (QED) is 0.409. The molecule has 2 heterocycles. The lowest BCUT2D eigenvalue weighted by Gasteiger charge is -2.28. The van der Waals surface area contributed by atoms with E-state index < -0.39 is 0 Å². The van der Waals surface area contributed by atoms with Crippen LogP contribution in [0.4, 0.5) is 5.69 Å². The topological polar surface area (TPSA) is 80.1 Å². The first-order valence-electron chi connectivity index (χ1n) is 13.9. The van der Waals surface area contributed by atoms with E-state index in [1.807, 2.05) is 60.1 Å². The van der Waals surface area contributed by atoms with Crippen LogP contribution >= 0.6 is 0 Å². The molecular formula is C30H39N5O2. The molecule has 0 fully saturated rings. The summed E-state index contributed by atoms with van der Waals surface area (Å²) in [6.45, 7) is 10.1. The van der Waals surface area contributed by atoms with E-state index in [2.05, 4.69) is 36.4 Å². The van der Waals surface area contributed by atoms with Gasteiger partial charge in [-0.1, -0.05) is 82.3 Å². The van der Waals surface area contributed by atoms with Crippen LogP contribution in [0.15, 0.2) is 48.5 Å². The molecule has 7 nitrogen and oxygen atoms in total. The van der Waals surface area contributed by atoms with Crippen LogP contribution in [0.3, 0.4) is 0 Å². The van der Waals surface area contributed by atoms with Gasteiger partial charge in [-0.2, -0.15) is 0 Å². The van der Waals surface area contributed by atoms with Crippen molar-refractivity contribution in [3.8, 4) is 22.5 Å². The molecule has 0 saturated heterocycles. The van der Waals surface area contributed by atoms with Crippen molar-refractivity contribution in [3.63, 3.8) is 0 Å². The van der Waals surface area contributed by atoms with Gasteiger partial charge in [0.15, 0.2) is 0 Å². The van der Waals surface area contributed by atoms with E-state index in [-0.39, 0.29) is 36.5 Å². The van der Waals surface area contributed by atoms with Crippen LogP contribution in [0.2, 0.25) is 0 Å². The standard InChI is InChI=1S/C30H39N5O2/c1-6-12-26(36)24(19-30(3,4)5)31-17-18-35-29-23-15-10-11-16-25(23)34(27(37)7-2)20-21-13-8-9-14-22(21)28(29)32-33-35/h8-11,13-16,24,31H,6-7,12,17-20H2,1-5H3/i2T. The van der Waals surface area contributed by atoms with Crippen molar-refractivity contribution in [2.75, 3.05) is 11.4 Å². The number of nitrogens with one attached hydrogen (secondary N) is 1. The van der Waals surface area contributed by atoms with Crippen molar-refractivity contribution >= 4 is 17.4 Å². The first-order chi connectivity index (χ1) is 18.2. The summed E-state index contributed by atoms with van der Waals surface area (Å²) >= 11 is 0. The maximum atomic E-state index is 13.2. The van der Waals surface area contributed by atoms with E-state index in [0.717, 1.165) is 46.6 Å². The first kappa shape index (κ1) is 25.3. The Morgan fingerprint density at radius 2 is 1.84 bits per heavy atom. The van der Waals surface area contributed by atoms with Gasteiger partial charge in [0.2, 0.25) is 5.91 Å². The Morgan fingerprint density at radius 1 is 1.11 bits per heavy atom. The molecule has 0 saturated carbocycles. The number of Topliss-reactive ketones (excluding diaryl/α,β-unsaturated/α-hetero) is 1. The summed E-state index contributed by atoms with van der Waals surface area (Å²) in [5.41, 5.74) is 5.28. The average molecular weight is 504 g/mol. The number of anilines is 1. The fourth-order valence-electron chi connectivity index (χ4n) is 5.01. The molecule has 1 aromatic heterocycles. The van der Waals surface area contributed by atoms with Crippen molar-refractivity contribution in [1.82, 2.24) is 20.3 Å². The Morgan fingerprint density at radius 3 is 2.57 bits per heavy atom. The predicted molar refractivity (Wildman–Crippen MR) is 148 cm³/mol. The zero-order chi connectivity index (χ0) is 27.3. The summed E-state index contributed by atoms with van der Waals surface area (Å²) in [6.07, 6.45) is 2.33. The lowest BCUT2D eigenvalue weighted by molar-refractivity contribution is -0.122. The molecule has 0 spiro atoms. The van der Waals surface area contributed by atoms with Gasteiger partial charge in [0, 0.05) is 31.9 Å². The summed E-state index contributed by atoms with van der Waals surface area (Å²) in [4.78, 5) is 27.8. The Kier molecular flexibility index (Phi) is 7.79. The van der Waals surface area contributed by atoms with E-state index in [1.165, 1.54) is 0 Å². The summed E-state index contributed by atoms with van der Waals surface area (Å²) < 4.78 is 9.51. The summed E-state index contributed by atoms with van der Waals surface area (Å²) in [6, 6.07) is 15.6. The molecule has 37 heavy (non-hydrogen) atoms. The summed E-state index contributed by atoms with van der Waals surface area (Å²) in [5.74, 6) is 0.171. The average Bonchev–Trinajstić information content (AvgIpc) is 3.28. The minimum absolute atomic E-state index is 0.0291. The molecule has 3 aromatic rings. The number of benzene rings is 2. The fourth-order valence-corrected chi connectivity index (χ4v) is 5.01. The van der Waals surface area contributed by atoms with Gasteiger partial charge in [0.25, 0.3) is 0 Å². The molecular weight excluding hydrogens is 462 g/mol. The van der Waals surface area contributed by atoms with Crippen LogP contribution in [-0.4, -0.2) is 39.3 Å². The monoisotopic (exact) mass is 503 g/mol. The SMILES string of the molecule is [3H]CCC(=O)N1Cc2ccccc2-c2nnn(CCNC(CC(C)(C)C)C(=O)CCC)c2-c2ccccc21. The van der Waals surface area contributed by atoms with Crippen LogP contribution in [0.1, 0.15) is 67.2 Å². The van der Waals surface area contributed by atoms with Crippen molar-refractivity contribution in [2.45, 2.75) is 79.4 Å². The smallest absolute Gasteiger partial charge is 0.227 e. The molecule has 0 aliphatic carbocycles. The molecule has 2 aromatic carbocycles. The number of carbonyl (C=O) groups is 2. The zero-order valence-corrected chi connectivity index (χ0v) is 22.5. The van der Waals surface area contributed by atoms with Crippen molar-refractivity contribution in [3.05, 3.63) is 54.1 Å². The summed E-state index contributed by atoms with van der Waals surface area (Å²) in [5, 5.41) is 12.7. The normalized spacial score (nSPS) is 14.1. The van der Waals surface area contributed by atoms with Gasteiger partial charge in [-0.3, -0.25) is 9.59 Å². The number of fused-ring (bicyclic) bond motifs is 5. The minimum atomic E-state index is -0.203. The van der Waals surface area contributed by atoms with Gasteiger partial charge < -0.3 is 10.2 Å². The highest BCUT2D eigenvalue weighted by atomic mass is 16.2. The van der Waals surface area contributed by atoms with E-state index in [9.17, 15) is 9.59 Å². The third-order valence-electron chi connectivity index (χ3n) is 6.72. The van der Waals surface area contributed by atoms with Gasteiger partial charge >= 0.3 is 0 Å². The second-order valence-corrected chi connectivity index (χ2v) is 10.9. The lowest BCUT2D eigenvalue weighted by Crippen LogP contribution is -2.41. The number of para-hydroxylation sites is 1. The predicted octanol–water partition coefficient (Wildman–Crippen LogP) is 5.63. The Balaban J connectivity index is 1.71. The highest BCUT2D eigenvalue weighted by Gasteiger charge is 2.29. The highest BCUT2D eigenvalue weighted by Crippen LogP contribution is 2.41. The maximum Gasteiger partial charge on any atom is 0.227 e. The zero-order valence-electron chi connectivity index (χ0n) is 23.5. The van der Waals surface area contributed by atoms with Gasteiger partial charge in [-0.25, -0.2) is 4.68 Å².